The predicted octanol–water partition coefficient (Wildman–Crippen LogP) is 3.59. The van der Waals surface area contributed by atoms with Crippen molar-refractivity contribution in [2.24, 2.45) is 0 Å². The van der Waals surface area contributed by atoms with Crippen molar-refractivity contribution >= 4 is 28.5 Å². The fourth-order valence-electron chi connectivity index (χ4n) is 4.12. The molecule has 2 amide bonds. The van der Waals surface area contributed by atoms with Crippen molar-refractivity contribution in [1.29, 1.82) is 0 Å². The number of aromatic nitrogens is 3. The minimum Gasteiger partial charge on any atom is -0.383 e. The van der Waals surface area contributed by atoms with Crippen LogP contribution in [0.15, 0.2) is 72.8 Å². The summed E-state index contributed by atoms with van der Waals surface area (Å²) in [6, 6.07) is 21.8. The second-order valence-electron chi connectivity index (χ2n) is 8.38. The average molecular weight is 472 g/mol. The van der Waals surface area contributed by atoms with Crippen LogP contribution in [0.3, 0.4) is 0 Å². The molecule has 8 heteroatoms. The largest absolute Gasteiger partial charge is 0.383 e. The number of hydrogen-bond acceptors (Lipinski definition) is 5. The first-order valence-corrected chi connectivity index (χ1v) is 11.5. The molecular weight excluding hydrogens is 442 g/mol. The van der Waals surface area contributed by atoms with Crippen molar-refractivity contribution in [2.45, 2.75) is 26.4 Å². The SMILES string of the molecule is COCCNC(=O)C(c1ccccc1C)N(C(=O)Cn1nnc2ccccc21)c1cccc(C)c1. The van der Waals surface area contributed by atoms with Crippen molar-refractivity contribution in [3.05, 3.63) is 89.5 Å². The Balaban J connectivity index is 1.79. The van der Waals surface area contributed by atoms with Crippen LogP contribution in [0.1, 0.15) is 22.7 Å². The van der Waals surface area contributed by atoms with E-state index in [0.717, 1.165) is 22.2 Å². The molecule has 0 saturated heterocycles. The van der Waals surface area contributed by atoms with Gasteiger partial charge in [0.1, 0.15) is 18.1 Å². The molecule has 1 heterocycles. The number of carbonyl (C=O) groups excluding carboxylic acids is 2. The van der Waals surface area contributed by atoms with E-state index in [4.69, 9.17) is 4.74 Å². The third-order valence-corrected chi connectivity index (χ3v) is 5.85. The highest BCUT2D eigenvalue weighted by molar-refractivity contribution is 6.01. The number of benzene rings is 3. The Morgan fingerprint density at radius 3 is 2.57 bits per heavy atom. The van der Waals surface area contributed by atoms with Crippen molar-refractivity contribution in [2.75, 3.05) is 25.2 Å². The molecule has 0 radical (unpaired) electrons. The summed E-state index contributed by atoms with van der Waals surface area (Å²) >= 11 is 0. The molecule has 0 aliphatic carbocycles. The number of ether oxygens (including phenoxy) is 1. The zero-order valence-corrected chi connectivity index (χ0v) is 20.1. The normalized spacial score (nSPS) is 11.9. The van der Waals surface area contributed by atoms with Gasteiger partial charge in [-0.15, -0.1) is 5.10 Å². The van der Waals surface area contributed by atoms with E-state index in [1.807, 2.05) is 86.6 Å². The average Bonchev–Trinajstić information content (AvgIpc) is 3.26. The molecule has 180 valence electrons. The summed E-state index contributed by atoms with van der Waals surface area (Å²) < 4.78 is 6.67. The summed E-state index contributed by atoms with van der Waals surface area (Å²) in [7, 11) is 1.58. The molecule has 0 fully saturated rings. The summed E-state index contributed by atoms with van der Waals surface area (Å²) in [4.78, 5) is 29.1. The first kappa shape index (κ1) is 24.1. The topological polar surface area (TPSA) is 89.4 Å². The Bertz CT molecular complexity index is 1330. The first-order valence-electron chi connectivity index (χ1n) is 11.5. The summed E-state index contributed by atoms with van der Waals surface area (Å²) in [6.07, 6.45) is 0. The number of para-hydroxylation sites is 1. The van der Waals surface area contributed by atoms with E-state index in [9.17, 15) is 9.59 Å². The van der Waals surface area contributed by atoms with Gasteiger partial charge in [0.25, 0.3) is 0 Å². The van der Waals surface area contributed by atoms with E-state index in [0.29, 0.717) is 24.4 Å². The fraction of sp³-hybridized carbons (Fsp3) is 0.259. The third kappa shape index (κ3) is 5.38. The van der Waals surface area contributed by atoms with Crippen LogP contribution in [0.5, 0.6) is 0 Å². The minimum atomic E-state index is -0.878. The van der Waals surface area contributed by atoms with Gasteiger partial charge in [-0.3, -0.25) is 14.5 Å². The first-order chi connectivity index (χ1) is 17.0. The Morgan fingerprint density at radius 2 is 1.80 bits per heavy atom. The number of hydrogen-bond donors (Lipinski definition) is 1. The second kappa shape index (κ2) is 10.9. The molecule has 0 saturated carbocycles. The van der Waals surface area contributed by atoms with Crippen LogP contribution in [-0.2, 0) is 20.9 Å². The van der Waals surface area contributed by atoms with Crippen molar-refractivity contribution in [1.82, 2.24) is 20.3 Å². The van der Waals surface area contributed by atoms with Crippen LogP contribution in [0.25, 0.3) is 11.0 Å². The molecule has 1 aromatic heterocycles. The summed E-state index contributed by atoms with van der Waals surface area (Å²) in [5.41, 5.74) is 4.73. The maximum absolute atomic E-state index is 14.0. The van der Waals surface area contributed by atoms with Gasteiger partial charge in [-0.25, -0.2) is 4.68 Å². The quantitative estimate of drug-likeness (QED) is 0.377. The van der Waals surface area contributed by atoms with Crippen LogP contribution >= 0.6 is 0 Å². The lowest BCUT2D eigenvalue weighted by atomic mass is 9.98. The number of methoxy groups -OCH3 is 1. The standard InChI is InChI=1S/C27H29N5O3/c1-19-9-8-11-21(17-19)32(25(33)18-31-24-14-7-6-13-23(24)29-30-31)26(27(34)28-15-16-35-3)22-12-5-4-10-20(22)2/h4-14,17,26H,15-16,18H2,1-3H3,(H,28,34). The number of carbonyl (C=O) groups is 2. The van der Waals surface area contributed by atoms with E-state index < -0.39 is 6.04 Å². The molecule has 1 N–H and O–H groups in total. The Kier molecular flexibility index (Phi) is 7.52. The highest BCUT2D eigenvalue weighted by Crippen LogP contribution is 2.31. The highest BCUT2D eigenvalue weighted by Gasteiger charge is 2.34. The van der Waals surface area contributed by atoms with E-state index in [1.54, 1.807) is 16.7 Å². The Labute approximate surface area is 204 Å². The van der Waals surface area contributed by atoms with Crippen molar-refractivity contribution in [3.63, 3.8) is 0 Å². The van der Waals surface area contributed by atoms with Gasteiger partial charge >= 0.3 is 0 Å². The summed E-state index contributed by atoms with van der Waals surface area (Å²) in [5, 5.41) is 11.3. The molecule has 35 heavy (non-hydrogen) atoms. The lowest BCUT2D eigenvalue weighted by Gasteiger charge is -2.32. The fourth-order valence-corrected chi connectivity index (χ4v) is 4.12. The van der Waals surface area contributed by atoms with Crippen molar-refractivity contribution < 1.29 is 14.3 Å². The lowest BCUT2D eigenvalue weighted by Crippen LogP contribution is -2.46. The number of amides is 2. The number of fused-ring (bicyclic) bond motifs is 1. The molecule has 0 bridgehead atoms. The number of nitrogens with zero attached hydrogens (tertiary/aromatic N) is 4. The van der Waals surface area contributed by atoms with Gasteiger partial charge in [-0.05, 0) is 54.8 Å². The number of aryl methyl sites for hydroxylation is 2. The van der Waals surface area contributed by atoms with Crippen LogP contribution < -0.4 is 10.2 Å². The molecule has 3 aromatic carbocycles. The monoisotopic (exact) mass is 471 g/mol. The van der Waals surface area contributed by atoms with E-state index in [2.05, 4.69) is 15.6 Å². The van der Waals surface area contributed by atoms with Crippen LogP contribution in [0.2, 0.25) is 0 Å². The van der Waals surface area contributed by atoms with E-state index in [1.165, 1.54) is 0 Å². The summed E-state index contributed by atoms with van der Waals surface area (Å²) in [6.45, 7) is 4.53. The molecule has 1 unspecified atom stereocenters. The van der Waals surface area contributed by atoms with E-state index in [-0.39, 0.29) is 18.4 Å². The maximum Gasteiger partial charge on any atom is 0.249 e. The molecule has 0 spiro atoms. The molecular formula is C27H29N5O3. The predicted molar refractivity (Wildman–Crippen MR) is 135 cm³/mol. The minimum absolute atomic E-state index is 0.0673. The zero-order chi connectivity index (χ0) is 24.8. The van der Waals surface area contributed by atoms with Gasteiger partial charge in [-0.1, -0.05) is 53.7 Å². The van der Waals surface area contributed by atoms with Gasteiger partial charge in [-0.2, -0.15) is 0 Å². The second-order valence-corrected chi connectivity index (χ2v) is 8.38. The molecule has 8 nitrogen and oxygen atoms in total. The van der Waals surface area contributed by atoms with E-state index >= 15 is 0 Å². The molecule has 1 atom stereocenters. The number of anilines is 1. The molecule has 4 aromatic rings. The van der Waals surface area contributed by atoms with Crippen LogP contribution in [-0.4, -0.2) is 47.1 Å². The highest BCUT2D eigenvalue weighted by atomic mass is 16.5. The van der Waals surface area contributed by atoms with Crippen LogP contribution in [0, 0.1) is 13.8 Å². The zero-order valence-electron chi connectivity index (χ0n) is 20.1. The van der Waals surface area contributed by atoms with Gasteiger partial charge < -0.3 is 10.1 Å². The van der Waals surface area contributed by atoms with Gasteiger partial charge in [0.2, 0.25) is 11.8 Å². The van der Waals surface area contributed by atoms with Gasteiger partial charge in [0.05, 0.1) is 12.1 Å². The molecule has 0 aliphatic rings. The number of nitrogens with one attached hydrogen (secondary N) is 1. The Hall–Kier alpha value is -4.04. The molecule has 0 aliphatic heterocycles. The lowest BCUT2D eigenvalue weighted by molar-refractivity contribution is -0.127. The smallest absolute Gasteiger partial charge is 0.249 e. The van der Waals surface area contributed by atoms with Crippen LogP contribution in [0.4, 0.5) is 5.69 Å². The van der Waals surface area contributed by atoms with Crippen molar-refractivity contribution in [3.8, 4) is 0 Å². The van der Waals surface area contributed by atoms with Gasteiger partial charge in [0.15, 0.2) is 0 Å². The number of rotatable bonds is 9. The van der Waals surface area contributed by atoms with Gasteiger partial charge in [0, 0.05) is 19.3 Å². The maximum atomic E-state index is 14.0. The third-order valence-electron chi connectivity index (χ3n) is 5.85. The summed E-state index contributed by atoms with van der Waals surface area (Å²) in [5.74, 6) is -0.559. The molecule has 4 rings (SSSR count). The Morgan fingerprint density at radius 1 is 1.03 bits per heavy atom.